The Hall–Kier alpha value is -1.31. The predicted molar refractivity (Wildman–Crippen MR) is 78.6 cm³/mol. The normalized spacial score (nSPS) is 11.3. The molecule has 0 saturated carbocycles. The molecule has 8 heteroatoms. The topological polar surface area (TPSA) is 85.1 Å². The summed E-state index contributed by atoms with van der Waals surface area (Å²) in [4.78, 5) is 3.85. The minimum atomic E-state index is -3.82. The first-order valence-electron chi connectivity index (χ1n) is 5.08. The van der Waals surface area contributed by atoms with Crippen LogP contribution in [-0.2, 0) is 10.0 Å². The van der Waals surface area contributed by atoms with Gasteiger partial charge in [-0.15, -0.1) is 0 Å². The van der Waals surface area contributed by atoms with Crippen LogP contribution in [0.2, 0.25) is 5.02 Å². The summed E-state index contributed by atoms with van der Waals surface area (Å²) in [6.45, 7) is 0. The van der Waals surface area contributed by atoms with Gasteiger partial charge < -0.3 is 5.73 Å². The average Bonchev–Trinajstić information content (AvgIpc) is 2.35. The van der Waals surface area contributed by atoms with Crippen LogP contribution in [0.4, 0.5) is 11.4 Å². The van der Waals surface area contributed by atoms with Crippen molar-refractivity contribution in [3.63, 3.8) is 0 Å². The van der Waals surface area contributed by atoms with Crippen LogP contribution in [0, 0.1) is 0 Å². The lowest BCUT2D eigenvalue weighted by molar-refractivity contribution is 0.601. The number of nitrogens with two attached hydrogens (primary N) is 1. The smallest absolute Gasteiger partial charge is 0.263 e. The molecule has 0 aliphatic carbocycles. The first kappa shape index (κ1) is 14.1. The second-order valence-corrected chi connectivity index (χ2v) is 6.45. The summed E-state index contributed by atoms with van der Waals surface area (Å²) < 4.78 is 27.2. The Labute approximate surface area is 124 Å². The third kappa shape index (κ3) is 3.17. The average molecular weight is 363 g/mol. The predicted octanol–water partition coefficient (Wildman–Crippen LogP) is 2.88. The summed E-state index contributed by atoms with van der Waals surface area (Å²) in [5.74, 6) is 0. The van der Waals surface area contributed by atoms with E-state index in [0.717, 1.165) is 0 Å². The van der Waals surface area contributed by atoms with Gasteiger partial charge in [0.05, 0.1) is 10.7 Å². The largest absolute Gasteiger partial charge is 0.399 e. The molecule has 1 aromatic heterocycles. The van der Waals surface area contributed by atoms with Gasteiger partial charge in [0.25, 0.3) is 10.0 Å². The van der Waals surface area contributed by atoms with Gasteiger partial charge in [-0.05, 0) is 46.3 Å². The van der Waals surface area contributed by atoms with E-state index in [0.29, 0.717) is 16.0 Å². The van der Waals surface area contributed by atoms with E-state index in [-0.39, 0.29) is 9.92 Å². The molecule has 0 radical (unpaired) electrons. The number of benzene rings is 1. The van der Waals surface area contributed by atoms with Crippen molar-refractivity contribution < 1.29 is 8.42 Å². The van der Waals surface area contributed by atoms with Crippen LogP contribution in [-0.4, -0.2) is 13.4 Å². The molecule has 0 spiro atoms. The fourth-order valence-corrected chi connectivity index (χ4v) is 3.47. The van der Waals surface area contributed by atoms with E-state index in [1.54, 1.807) is 12.1 Å². The molecule has 5 nitrogen and oxygen atoms in total. The highest BCUT2D eigenvalue weighted by Gasteiger charge is 2.19. The minimum Gasteiger partial charge on any atom is -0.399 e. The number of hydrogen-bond donors (Lipinski definition) is 2. The van der Waals surface area contributed by atoms with Gasteiger partial charge >= 0.3 is 0 Å². The molecule has 3 N–H and O–H groups in total. The van der Waals surface area contributed by atoms with Crippen LogP contribution in [0.3, 0.4) is 0 Å². The Morgan fingerprint density at radius 2 is 2.05 bits per heavy atom. The fourth-order valence-electron chi connectivity index (χ4n) is 1.39. The van der Waals surface area contributed by atoms with Crippen LogP contribution >= 0.6 is 27.5 Å². The van der Waals surface area contributed by atoms with E-state index in [2.05, 4.69) is 25.6 Å². The molecule has 100 valence electrons. The van der Waals surface area contributed by atoms with Crippen molar-refractivity contribution in [2.75, 3.05) is 10.5 Å². The highest BCUT2D eigenvalue weighted by Crippen LogP contribution is 2.27. The van der Waals surface area contributed by atoms with Gasteiger partial charge in [-0.1, -0.05) is 11.6 Å². The van der Waals surface area contributed by atoms with Gasteiger partial charge in [-0.3, -0.25) is 4.72 Å². The number of halogens is 2. The number of pyridine rings is 1. The van der Waals surface area contributed by atoms with E-state index in [1.807, 2.05) is 0 Å². The Balaban J connectivity index is 2.44. The standard InChI is InChI=1S/C11H9BrClN3O2S/c12-11-9(2-1-5-15-11)16-19(17,18)10-6-7(14)3-4-8(10)13/h1-6,16H,14H2. The molecule has 0 unspecified atom stereocenters. The molecule has 0 aliphatic heterocycles. The van der Waals surface area contributed by atoms with Gasteiger partial charge in [0.15, 0.2) is 0 Å². The van der Waals surface area contributed by atoms with E-state index in [4.69, 9.17) is 17.3 Å². The van der Waals surface area contributed by atoms with Crippen molar-refractivity contribution in [1.82, 2.24) is 4.98 Å². The monoisotopic (exact) mass is 361 g/mol. The molecule has 0 bridgehead atoms. The van der Waals surface area contributed by atoms with Crippen molar-refractivity contribution in [2.45, 2.75) is 4.90 Å². The maximum Gasteiger partial charge on any atom is 0.263 e. The number of anilines is 2. The molecule has 0 amide bonds. The summed E-state index contributed by atoms with van der Waals surface area (Å²) in [6, 6.07) is 7.46. The number of nitrogens with zero attached hydrogens (tertiary/aromatic N) is 1. The second kappa shape index (κ2) is 5.36. The zero-order chi connectivity index (χ0) is 14.0. The molecule has 0 aliphatic rings. The number of sulfonamides is 1. The third-order valence-electron chi connectivity index (χ3n) is 2.25. The van der Waals surface area contributed by atoms with Crippen molar-refractivity contribution in [2.24, 2.45) is 0 Å². The zero-order valence-corrected chi connectivity index (χ0v) is 12.6. The molecule has 0 atom stereocenters. The summed E-state index contributed by atoms with van der Waals surface area (Å²) in [5, 5.41) is 0.0988. The SMILES string of the molecule is Nc1ccc(Cl)c(S(=O)(=O)Nc2cccnc2Br)c1. The highest BCUT2D eigenvalue weighted by molar-refractivity contribution is 9.10. The zero-order valence-electron chi connectivity index (χ0n) is 9.47. The maximum atomic E-state index is 12.2. The molecule has 1 heterocycles. The van der Waals surface area contributed by atoms with Crippen molar-refractivity contribution in [3.05, 3.63) is 46.2 Å². The summed E-state index contributed by atoms with van der Waals surface area (Å²) in [6.07, 6.45) is 1.54. The van der Waals surface area contributed by atoms with Gasteiger partial charge in [-0.25, -0.2) is 13.4 Å². The molecular weight excluding hydrogens is 354 g/mol. The lowest BCUT2D eigenvalue weighted by atomic mass is 10.3. The molecule has 19 heavy (non-hydrogen) atoms. The summed E-state index contributed by atoms with van der Waals surface area (Å²) in [7, 11) is -3.82. The van der Waals surface area contributed by atoms with Crippen molar-refractivity contribution in [3.8, 4) is 0 Å². The Kier molecular flexibility index (Phi) is 3.98. The number of rotatable bonds is 3. The summed E-state index contributed by atoms with van der Waals surface area (Å²) in [5.41, 5.74) is 6.21. The quantitative estimate of drug-likeness (QED) is 0.649. The first-order chi connectivity index (χ1) is 8.90. The van der Waals surface area contributed by atoms with Gasteiger partial charge in [0.1, 0.15) is 9.50 Å². The van der Waals surface area contributed by atoms with Crippen LogP contribution in [0.15, 0.2) is 46.0 Å². The third-order valence-corrected chi connectivity index (χ3v) is 4.73. The van der Waals surface area contributed by atoms with Crippen LogP contribution in [0.25, 0.3) is 0 Å². The van der Waals surface area contributed by atoms with E-state index in [1.165, 1.54) is 24.4 Å². The Morgan fingerprint density at radius 1 is 1.32 bits per heavy atom. The molecule has 0 fully saturated rings. The molecule has 2 aromatic rings. The minimum absolute atomic E-state index is 0.0788. The maximum absolute atomic E-state index is 12.2. The van der Waals surface area contributed by atoms with Crippen LogP contribution < -0.4 is 10.5 Å². The lowest BCUT2D eigenvalue weighted by Crippen LogP contribution is -2.14. The number of hydrogen-bond acceptors (Lipinski definition) is 4. The number of aromatic nitrogens is 1. The van der Waals surface area contributed by atoms with Gasteiger partial charge in [0, 0.05) is 11.9 Å². The first-order valence-corrected chi connectivity index (χ1v) is 7.74. The van der Waals surface area contributed by atoms with Crippen LogP contribution in [0.5, 0.6) is 0 Å². The Bertz CT molecular complexity index is 722. The summed E-state index contributed by atoms with van der Waals surface area (Å²) >= 11 is 9.04. The van der Waals surface area contributed by atoms with Crippen LogP contribution in [0.1, 0.15) is 0 Å². The van der Waals surface area contributed by atoms with E-state index >= 15 is 0 Å². The molecular formula is C11H9BrClN3O2S. The number of nitrogens with one attached hydrogen (secondary N) is 1. The van der Waals surface area contributed by atoms with Crippen molar-refractivity contribution in [1.29, 1.82) is 0 Å². The van der Waals surface area contributed by atoms with Gasteiger partial charge in [-0.2, -0.15) is 0 Å². The fraction of sp³-hybridized carbons (Fsp3) is 0. The molecule has 0 saturated heterocycles. The van der Waals surface area contributed by atoms with Crippen molar-refractivity contribution >= 4 is 48.9 Å². The molecule has 1 aromatic carbocycles. The molecule has 2 rings (SSSR count). The highest BCUT2D eigenvalue weighted by atomic mass is 79.9. The lowest BCUT2D eigenvalue weighted by Gasteiger charge is -2.10. The van der Waals surface area contributed by atoms with Gasteiger partial charge in [0.2, 0.25) is 0 Å². The second-order valence-electron chi connectivity index (χ2n) is 3.64. The van der Waals surface area contributed by atoms with E-state index < -0.39 is 10.0 Å². The number of nitrogen functional groups attached to an aromatic ring is 1. The van der Waals surface area contributed by atoms with E-state index in [9.17, 15) is 8.42 Å². The Morgan fingerprint density at radius 3 is 2.74 bits per heavy atom.